The summed E-state index contributed by atoms with van der Waals surface area (Å²) in [6.45, 7) is -0.481. The predicted molar refractivity (Wildman–Crippen MR) is 75.1 cm³/mol. The van der Waals surface area contributed by atoms with Crippen LogP contribution in [0.3, 0.4) is 0 Å². The average molecular weight is 352 g/mol. The van der Waals surface area contributed by atoms with Crippen LogP contribution in [-0.2, 0) is 13.8 Å². The Balaban J connectivity index is 1.84. The minimum Gasteiger partial charge on any atom is -0.390 e. The van der Waals surface area contributed by atoms with Crippen LogP contribution in [0.25, 0.3) is 11.2 Å². The van der Waals surface area contributed by atoms with E-state index in [2.05, 4.69) is 19.5 Å². The van der Waals surface area contributed by atoms with Gasteiger partial charge in [-0.15, -0.1) is 0 Å². The number of ether oxygens (including phenoxy) is 1. The SMILES string of the molecule is [15NH2]c1[15n]c2c([15n]c[15n]2[C@H]2C[C@H](O)[C@@H](COP(=O)(O)O)O2)c(=O)[15nH]1. The zero-order valence-electron chi connectivity index (χ0n) is 11.6. The molecule has 0 amide bonds. The van der Waals surface area contributed by atoms with Crippen molar-refractivity contribution in [3.8, 4) is 0 Å². The maximum Gasteiger partial charge on any atom is 0.469 e. The number of hydrogen-bond acceptors (Lipinski definition) is 8. The van der Waals surface area contributed by atoms with Gasteiger partial charge in [-0.1, -0.05) is 0 Å². The van der Waals surface area contributed by atoms with Gasteiger partial charge in [-0.05, 0) is 0 Å². The molecule has 13 heteroatoms. The van der Waals surface area contributed by atoms with Crippen molar-refractivity contribution in [2.45, 2.75) is 24.9 Å². The summed E-state index contributed by atoms with van der Waals surface area (Å²) in [5.41, 5.74) is 5.23. The number of H-pyrrole nitrogens is 1. The summed E-state index contributed by atoms with van der Waals surface area (Å²) < 4.78 is 22.0. The van der Waals surface area contributed by atoms with Crippen molar-refractivity contribution in [3.63, 3.8) is 0 Å². The molecule has 6 N–H and O–H groups in total. The van der Waals surface area contributed by atoms with Gasteiger partial charge in [0, 0.05) is 6.42 Å². The van der Waals surface area contributed by atoms with Crippen LogP contribution in [0, 0.1) is 0 Å². The second-order valence-electron chi connectivity index (χ2n) is 4.99. The number of aromatic amines is 1. The highest BCUT2D eigenvalue weighted by Gasteiger charge is 2.37. The molecule has 12 nitrogen and oxygen atoms in total. The fraction of sp³-hybridized carbons (Fsp3) is 0.500. The zero-order valence-corrected chi connectivity index (χ0v) is 12.5. The summed E-state index contributed by atoms with van der Waals surface area (Å²) in [5, 5.41) is 9.93. The third-order valence-electron chi connectivity index (χ3n) is 3.37. The van der Waals surface area contributed by atoms with Crippen LogP contribution in [0.2, 0.25) is 0 Å². The fourth-order valence-electron chi connectivity index (χ4n) is 2.36. The smallest absolute Gasteiger partial charge is 0.390 e. The topological polar surface area (TPSA) is 186 Å². The molecule has 126 valence electrons. The van der Waals surface area contributed by atoms with Crippen LogP contribution in [-0.4, -0.2) is 53.2 Å². The number of aliphatic hydroxyl groups excluding tert-OH is 1. The lowest BCUT2D eigenvalue weighted by Crippen LogP contribution is -2.25. The maximum absolute atomic E-state index is 11.7. The maximum atomic E-state index is 11.7. The summed E-state index contributed by atoms with van der Waals surface area (Å²) in [6, 6.07) is 0. The molecule has 2 aromatic heterocycles. The lowest BCUT2D eigenvalue weighted by atomic mass is 10.2. The van der Waals surface area contributed by atoms with Gasteiger partial charge in [0.05, 0.1) is 19.0 Å². The van der Waals surface area contributed by atoms with Gasteiger partial charge in [-0.2, -0.15) is 4.98 Å². The van der Waals surface area contributed by atoms with E-state index < -0.39 is 38.4 Å². The van der Waals surface area contributed by atoms with Gasteiger partial charge in [0.2, 0.25) is 5.95 Å². The Morgan fingerprint density at radius 3 is 3.00 bits per heavy atom. The van der Waals surface area contributed by atoms with Gasteiger partial charge < -0.3 is 25.4 Å². The molecule has 0 unspecified atom stereocenters. The number of aromatic nitrogens is 4. The molecule has 2 aromatic rings. The first kappa shape index (κ1) is 16.1. The van der Waals surface area contributed by atoms with Crippen molar-refractivity contribution in [2.24, 2.45) is 0 Å². The molecule has 0 aromatic carbocycles. The van der Waals surface area contributed by atoms with Gasteiger partial charge in [-0.25, -0.2) is 9.55 Å². The monoisotopic (exact) mass is 352 g/mol. The number of phosphoric acid groups is 1. The molecule has 0 spiro atoms. The number of nitrogen functional groups attached to an aromatic ring is 1. The molecule has 0 saturated carbocycles. The number of rotatable bonds is 4. The number of anilines is 1. The quantitative estimate of drug-likeness (QED) is 0.319. The number of nitrogens with one attached hydrogen (secondary N) is 1. The van der Waals surface area contributed by atoms with Crippen molar-refractivity contribution < 1.29 is 28.7 Å². The summed E-state index contributed by atoms with van der Waals surface area (Å²) >= 11 is 0. The summed E-state index contributed by atoms with van der Waals surface area (Å²) in [7, 11) is -4.66. The van der Waals surface area contributed by atoms with Gasteiger partial charge in [0.25, 0.3) is 5.56 Å². The summed E-state index contributed by atoms with van der Waals surface area (Å²) in [6.07, 6.45) is -1.26. The molecular formula is C10H14N5O7P. The highest BCUT2D eigenvalue weighted by atomic mass is 31.2. The van der Waals surface area contributed by atoms with Gasteiger partial charge >= 0.3 is 7.82 Å². The summed E-state index contributed by atoms with van der Waals surface area (Å²) in [5.74, 6) is -0.0934. The van der Waals surface area contributed by atoms with Crippen molar-refractivity contribution in [1.29, 1.82) is 0 Å². The molecular weight excluding hydrogens is 338 g/mol. The molecule has 1 saturated heterocycles. The minimum atomic E-state index is -4.66. The molecule has 23 heavy (non-hydrogen) atoms. The Kier molecular flexibility index (Phi) is 3.96. The Hall–Kier alpha value is -1.82. The number of phosphoric ester groups is 1. The van der Waals surface area contributed by atoms with Crippen LogP contribution in [0.5, 0.6) is 0 Å². The largest absolute Gasteiger partial charge is 0.469 e. The van der Waals surface area contributed by atoms with Gasteiger partial charge in [0.1, 0.15) is 12.3 Å². The van der Waals surface area contributed by atoms with E-state index >= 15 is 0 Å². The standard InChI is InChI=1S/C10H14N5O7P/c11-10-13-8-7(9(17)14-10)12-3-15(8)6-1-4(16)5(22-6)2-21-23(18,19)20/h3-6,16H,1-2H2,(H2,18,19,20)(H3,11,13,14,17)/t4-,5+,6+/m0/s1/i11+1,12+1,13+1,14+1,15+1. The lowest BCUT2D eigenvalue weighted by molar-refractivity contribution is -0.0424. The van der Waals surface area contributed by atoms with E-state index in [9.17, 15) is 14.5 Å². The predicted octanol–water partition coefficient (Wildman–Crippen LogP) is -1.54. The van der Waals surface area contributed by atoms with Crippen molar-refractivity contribution in [2.75, 3.05) is 12.3 Å². The molecule has 0 bridgehead atoms. The van der Waals surface area contributed by atoms with Crippen LogP contribution in [0.1, 0.15) is 12.6 Å². The molecule has 1 aliphatic heterocycles. The van der Waals surface area contributed by atoms with Crippen LogP contribution < -0.4 is 11.3 Å². The van der Waals surface area contributed by atoms with Crippen LogP contribution in [0.4, 0.5) is 5.95 Å². The minimum absolute atomic E-state index is 0.0622. The second kappa shape index (κ2) is 5.67. The first-order chi connectivity index (χ1) is 10.7. The number of fused-ring (bicyclic) bond motifs is 1. The highest BCUT2D eigenvalue weighted by molar-refractivity contribution is 7.46. The molecule has 0 radical (unpaired) electrons. The second-order valence-corrected chi connectivity index (χ2v) is 6.23. The fourth-order valence-corrected chi connectivity index (χ4v) is 2.70. The van der Waals surface area contributed by atoms with E-state index in [-0.39, 0.29) is 23.5 Å². The third-order valence-corrected chi connectivity index (χ3v) is 3.86. The normalized spacial score (nSPS) is 25.3. The molecule has 1 fully saturated rings. The number of aliphatic hydroxyl groups is 1. The van der Waals surface area contributed by atoms with Gasteiger partial charge in [0.15, 0.2) is 11.2 Å². The Morgan fingerprint density at radius 1 is 1.57 bits per heavy atom. The number of nitrogens with two attached hydrogens (primary N) is 1. The third kappa shape index (κ3) is 3.27. The summed E-state index contributed by atoms with van der Waals surface area (Å²) in [4.78, 5) is 39.3. The number of hydrogen-bond donors (Lipinski definition) is 5. The Bertz CT molecular complexity index is 829. The van der Waals surface area contributed by atoms with Crippen LogP contribution in [0.15, 0.2) is 11.1 Å². The van der Waals surface area contributed by atoms with Crippen molar-refractivity contribution in [3.05, 3.63) is 16.7 Å². The van der Waals surface area contributed by atoms with E-state index in [0.29, 0.717) is 0 Å². The van der Waals surface area contributed by atoms with E-state index in [1.165, 1.54) is 10.9 Å². The van der Waals surface area contributed by atoms with E-state index in [1.807, 2.05) is 0 Å². The highest BCUT2D eigenvalue weighted by Crippen LogP contribution is 2.38. The lowest BCUT2D eigenvalue weighted by Gasteiger charge is -2.16. The van der Waals surface area contributed by atoms with Gasteiger partial charge in [-0.3, -0.25) is 18.9 Å². The van der Waals surface area contributed by atoms with E-state index in [4.69, 9.17) is 20.3 Å². The number of imidazole rings is 1. The molecule has 0 aliphatic carbocycles. The Morgan fingerprint density at radius 2 is 2.30 bits per heavy atom. The van der Waals surface area contributed by atoms with E-state index in [0.717, 1.165) is 0 Å². The average Bonchev–Trinajstić information content (AvgIpc) is 2.99. The molecule has 3 atom stereocenters. The molecule has 3 rings (SSSR count). The number of nitrogens with zero attached hydrogens (tertiary/aromatic N) is 3. The first-order valence-electron chi connectivity index (χ1n) is 6.50. The first-order valence-corrected chi connectivity index (χ1v) is 8.03. The van der Waals surface area contributed by atoms with Crippen molar-refractivity contribution in [1.82, 2.24) is 19.5 Å². The molecule has 3 heterocycles. The van der Waals surface area contributed by atoms with Crippen LogP contribution >= 0.6 is 7.82 Å². The molecule has 1 aliphatic rings. The van der Waals surface area contributed by atoms with Crippen molar-refractivity contribution >= 4 is 24.9 Å². The zero-order chi connectivity index (χ0) is 16.8. The Labute approximate surface area is 128 Å². The van der Waals surface area contributed by atoms with E-state index in [1.54, 1.807) is 0 Å².